The molecule has 13 heteroatoms. The Kier molecular flexibility index (Phi) is 5.99. The summed E-state index contributed by atoms with van der Waals surface area (Å²) in [6.45, 7) is 1.72. The molecule has 0 N–H and O–H groups in total. The van der Waals surface area contributed by atoms with E-state index in [9.17, 15) is 26.7 Å². The summed E-state index contributed by atoms with van der Waals surface area (Å²) in [6, 6.07) is 7.42. The maximum Gasteiger partial charge on any atom is 0.422 e. The molecule has 0 bridgehead atoms. The van der Waals surface area contributed by atoms with Crippen LogP contribution in [0.1, 0.15) is 54.4 Å². The van der Waals surface area contributed by atoms with Gasteiger partial charge in [-0.15, -0.1) is 10.2 Å². The number of rotatable bonds is 4. The second-order valence-electron chi connectivity index (χ2n) is 12.4. The van der Waals surface area contributed by atoms with Crippen LogP contribution in [-0.4, -0.2) is 63.2 Å². The van der Waals surface area contributed by atoms with Crippen molar-refractivity contribution >= 4 is 23.2 Å². The van der Waals surface area contributed by atoms with Crippen LogP contribution in [0.3, 0.4) is 0 Å². The average Bonchev–Trinajstić information content (AvgIpc) is 3.60. The van der Waals surface area contributed by atoms with E-state index in [-0.39, 0.29) is 22.9 Å². The summed E-state index contributed by atoms with van der Waals surface area (Å²) < 4.78 is 70.3. The number of nitrogens with zero attached hydrogens (tertiary/aromatic N) is 6. The van der Waals surface area contributed by atoms with Crippen molar-refractivity contribution in [1.29, 1.82) is 0 Å². The van der Waals surface area contributed by atoms with E-state index in [2.05, 4.69) is 19.7 Å². The lowest BCUT2D eigenvalue weighted by atomic mass is 9.57. The fourth-order valence-corrected chi connectivity index (χ4v) is 7.39. The summed E-state index contributed by atoms with van der Waals surface area (Å²) in [5.74, 6) is -1.56. The highest BCUT2D eigenvalue weighted by atomic mass is 35.5. The number of hydrogen-bond acceptors (Lipinski definition) is 5. The molecule has 42 heavy (non-hydrogen) atoms. The molecule has 1 spiro atoms. The van der Waals surface area contributed by atoms with Crippen LogP contribution in [0.15, 0.2) is 30.3 Å². The Morgan fingerprint density at radius 2 is 1.71 bits per heavy atom. The number of halogens is 6. The Labute approximate surface area is 243 Å². The molecule has 2 saturated carbocycles. The average molecular weight is 607 g/mol. The van der Waals surface area contributed by atoms with Gasteiger partial charge in [-0.25, -0.2) is 8.78 Å². The molecular formula is C29H28ClF5N6O. The molecule has 3 aromatic rings. The number of hydrogen-bond donors (Lipinski definition) is 0. The first-order valence-electron chi connectivity index (χ1n) is 13.8. The maximum absolute atomic E-state index is 14.7. The number of carbonyl (C=O) groups excluding carboxylic acids is 1. The SMILES string of the molecule is CN(C)C(=O)C1(N2Cc3cc(Cl)ccc3-n3c(nnc3C3CC4(C3)CN(c3ccc(F)c(C(F)(F)F)c3F)C4)C2)CC1. The Morgan fingerprint density at radius 3 is 2.36 bits per heavy atom. The number of anilines is 1. The van der Waals surface area contributed by atoms with E-state index in [1.165, 1.54) is 4.90 Å². The molecule has 1 aromatic heterocycles. The van der Waals surface area contributed by atoms with Crippen LogP contribution in [0.25, 0.3) is 5.69 Å². The summed E-state index contributed by atoms with van der Waals surface area (Å²) in [4.78, 5) is 18.5. The molecule has 2 aliphatic heterocycles. The zero-order valence-electron chi connectivity index (χ0n) is 23.0. The van der Waals surface area contributed by atoms with Crippen LogP contribution >= 0.6 is 11.6 Å². The third kappa shape index (κ3) is 4.12. The van der Waals surface area contributed by atoms with Crippen molar-refractivity contribution in [2.24, 2.45) is 5.41 Å². The molecule has 7 nitrogen and oxygen atoms in total. The molecule has 3 fully saturated rings. The number of fused-ring (bicyclic) bond motifs is 3. The molecule has 3 heterocycles. The molecule has 0 atom stereocenters. The van der Waals surface area contributed by atoms with Gasteiger partial charge in [0.25, 0.3) is 0 Å². The van der Waals surface area contributed by atoms with Gasteiger partial charge in [0.1, 0.15) is 22.7 Å². The Bertz CT molecular complexity index is 1600. The molecular weight excluding hydrogens is 579 g/mol. The predicted octanol–water partition coefficient (Wildman–Crippen LogP) is 5.54. The fourth-order valence-electron chi connectivity index (χ4n) is 7.20. The zero-order valence-corrected chi connectivity index (χ0v) is 23.7. The van der Waals surface area contributed by atoms with Crippen LogP contribution in [0.2, 0.25) is 5.02 Å². The van der Waals surface area contributed by atoms with Crippen molar-refractivity contribution in [3.63, 3.8) is 0 Å². The van der Waals surface area contributed by atoms with E-state index in [1.54, 1.807) is 19.0 Å². The smallest absolute Gasteiger partial charge is 0.368 e. The van der Waals surface area contributed by atoms with Gasteiger partial charge in [0, 0.05) is 50.1 Å². The Balaban J connectivity index is 1.13. The largest absolute Gasteiger partial charge is 0.422 e. The summed E-state index contributed by atoms with van der Waals surface area (Å²) in [5.41, 5.74) is -0.980. The normalized spacial score (nSPS) is 20.8. The molecule has 1 amide bonds. The van der Waals surface area contributed by atoms with Gasteiger partial charge in [0.15, 0.2) is 11.6 Å². The first-order chi connectivity index (χ1) is 19.8. The first-order valence-corrected chi connectivity index (χ1v) is 14.2. The predicted molar refractivity (Wildman–Crippen MR) is 144 cm³/mol. The number of carbonyl (C=O) groups is 1. The Morgan fingerprint density at radius 1 is 1.02 bits per heavy atom. The van der Waals surface area contributed by atoms with Crippen LogP contribution in [0.4, 0.5) is 27.6 Å². The molecule has 0 unspecified atom stereocenters. The maximum atomic E-state index is 14.7. The molecule has 2 aromatic carbocycles. The van der Waals surface area contributed by atoms with E-state index in [0.717, 1.165) is 41.8 Å². The van der Waals surface area contributed by atoms with Gasteiger partial charge < -0.3 is 9.80 Å². The Hall–Kier alpha value is -3.25. The lowest BCUT2D eigenvalue weighted by Gasteiger charge is -2.59. The topological polar surface area (TPSA) is 57.5 Å². The van der Waals surface area contributed by atoms with E-state index in [1.807, 2.05) is 18.2 Å². The number of aromatic nitrogens is 3. The minimum atomic E-state index is -5.12. The van der Waals surface area contributed by atoms with Gasteiger partial charge in [0.2, 0.25) is 5.91 Å². The third-order valence-corrected chi connectivity index (χ3v) is 9.57. The van der Waals surface area contributed by atoms with Crippen LogP contribution in [0, 0.1) is 17.0 Å². The number of likely N-dealkylation sites (N-methyl/N-ethyl adjacent to an activating group) is 1. The molecule has 4 aliphatic rings. The van der Waals surface area contributed by atoms with Gasteiger partial charge in [-0.1, -0.05) is 11.6 Å². The highest BCUT2D eigenvalue weighted by molar-refractivity contribution is 6.30. The molecule has 0 radical (unpaired) electrons. The molecule has 7 rings (SSSR count). The minimum absolute atomic E-state index is 0.0468. The van der Waals surface area contributed by atoms with Gasteiger partial charge >= 0.3 is 6.18 Å². The zero-order chi connectivity index (χ0) is 29.8. The van der Waals surface area contributed by atoms with E-state index in [0.29, 0.717) is 50.1 Å². The summed E-state index contributed by atoms with van der Waals surface area (Å²) in [7, 11) is 3.53. The summed E-state index contributed by atoms with van der Waals surface area (Å²) in [5, 5.41) is 9.73. The number of benzene rings is 2. The van der Waals surface area contributed by atoms with Crippen LogP contribution < -0.4 is 4.90 Å². The molecule has 1 saturated heterocycles. The molecule has 2 aliphatic carbocycles. The highest BCUT2D eigenvalue weighted by Crippen LogP contribution is 2.57. The first kappa shape index (κ1) is 27.6. The van der Waals surface area contributed by atoms with Crippen molar-refractivity contribution in [1.82, 2.24) is 24.6 Å². The second-order valence-corrected chi connectivity index (χ2v) is 12.8. The highest BCUT2D eigenvalue weighted by Gasteiger charge is 2.57. The third-order valence-electron chi connectivity index (χ3n) is 9.34. The minimum Gasteiger partial charge on any atom is -0.368 e. The van der Waals surface area contributed by atoms with E-state index >= 15 is 0 Å². The van der Waals surface area contributed by atoms with Crippen molar-refractivity contribution in [3.8, 4) is 5.69 Å². The lowest BCUT2D eigenvalue weighted by molar-refractivity contribution is -0.142. The monoisotopic (exact) mass is 606 g/mol. The molecule has 222 valence electrons. The van der Waals surface area contributed by atoms with E-state index < -0.39 is 28.9 Å². The van der Waals surface area contributed by atoms with Crippen molar-refractivity contribution in [2.75, 3.05) is 32.1 Å². The van der Waals surface area contributed by atoms with Gasteiger partial charge in [0.05, 0.1) is 17.9 Å². The van der Waals surface area contributed by atoms with Crippen molar-refractivity contribution < 1.29 is 26.7 Å². The standard InChI is InChI=1S/C29H28ClF5N6O/c1-38(2)26(42)28(7-8-28)40-12-16-9-18(30)3-5-20(16)41-22(13-40)36-37-25(41)17-10-27(11-17)14-39(15-27)21-6-4-19(31)23(24(21)32)29(33,34)35/h3-6,9,17H,7-8,10-15H2,1-2H3. The fraction of sp³-hybridized carbons (Fsp3) is 0.483. The van der Waals surface area contributed by atoms with Crippen molar-refractivity contribution in [2.45, 2.75) is 56.4 Å². The van der Waals surface area contributed by atoms with Crippen LogP contribution in [0.5, 0.6) is 0 Å². The lowest BCUT2D eigenvalue weighted by Crippen LogP contribution is -2.62. The summed E-state index contributed by atoms with van der Waals surface area (Å²) in [6.07, 6.45) is -2.16. The van der Waals surface area contributed by atoms with Gasteiger partial charge in [-0.3, -0.25) is 14.3 Å². The van der Waals surface area contributed by atoms with E-state index in [4.69, 9.17) is 11.6 Å². The number of amides is 1. The quantitative estimate of drug-likeness (QED) is 0.365. The summed E-state index contributed by atoms with van der Waals surface area (Å²) >= 11 is 6.40. The van der Waals surface area contributed by atoms with Gasteiger partial charge in [-0.2, -0.15) is 13.2 Å². The van der Waals surface area contributed by atoms with Gasteiger partial charge in [-0.05, 0) is 61.6 Å². The van der Waals surface area contributed by atoms with Crippen LogP contribution in [-0.2, 0) is 24.1 Å². The number of alkyl halides is 3. The van der Waals surface area contributed by atoms with Crippen molar-refractivity contribution in [3.05, 3.63) is 69.8 Å². The second kappa shape index (κ2) is 9.12.